The predicted octanol–water partition coefficient (Wildman–Crippen LogP) is 1.38. The third-order valence-electron chi connectivity index (χ3n) is 3.42. The van der Waals surface area contributed by atoms with E-state index in [0.717, 1.165) is 11.5 Å². The molecule has 0 spiro atoms. The van der Waals surface area contributed by atoms with Crippen molar-refractivity contribution in [2.24, 2.45) is 5.84 Å². The number of nitrogens with one attached hydrogen (secondary N) is 2. The maximum atomic E-state index is 11.0. The highest BCUT2D eigenvalue weighted by Gasteiger charge is 2.18. The first-order valence-electron chi connectivity index (χ1n) is 6.33. The van der Waals surface area contributed by atoms with Crippen molar-refractivity contribution in [3.8, 4) is 0 Å². The van der Waals surface area contributed by atoms with Gasteiger partial charge in [-0.25, -0.2) is 10.8 Å². The SMILES string of the molecule is NNC(=O)CCc1cnc(C2CCCCC2)[nH]1. The quantitative estimate of drug-likeness (QED) is 0.419. The van der Waals surface area contributed by atoms with E-state index in [9.17, 15) is 4.79 Å². The van der Waals surface area contributed by atoms with Gasteiger partial charge in [0.2, 0.25) is 5.91 Å². The number of carbonyl (C=O) groups is 1. The van der Waals surface area contributed by atoms with E-state index in [4.69, 9.17) is 5.84 Å². The molecule has 0 radical (unpaired) electrons. The number of nitrogens with zero attached hydrogens (tertiary/aromatic N) is 1. The fourth-order valence-electron chi connectivity index (χ4n) is 2.41. The molecule has 0 bridgehead atoms. The Hall–Kier alpha value is -1.36. The normalized spacial score (nSPS) is 17.0. The van der Waals surface area contributed by atoms with Gasteiger partial charge in [-0.1, -0.05) is 19.3 Å². The van der Waals surface area contributed by atoms with Crippen LogP contribution in [0.4, 0.5) is 0 Å². The van der Waals surface area contributed by atoms with Crippen LogP contribution in [0.3, 0.4) is 0 Å². The third kappa shape index (κ3) is 3.30. The van der Waals surface area contributed by atoms with Gasteiger partial charge >= 0.3 is 0 Å². The predicted molar refractivity (Wildman–Crippen MR) is 65.1 cm³/mol. The molecule has 1 aliphatic rings. The van der Waals surface area contributed by atoms with Gasteiger partial charge in [0.05, 0.1) is 0 Å². The summed E-state index contributed by atoms with van der Waals surface area (Å²) in [4.78, 5) is 18.8. The first-order chi connectivity index (χ1) is 8.29. The van der Waals surface area contributed by atoms with Crippen LogP contribution in [0.15, 0.2) is 6.20 Å². The van der Waals surface area contributed by atoms with Gasteiger partial charge in [0, 0.05) is 24.2 Å². The number of aryl methyl sites for hydroxylation is 1. The van der Waals surface area contributed by atoms with Crippen molar-refractivity contribution < 1.29 is 4.79 Å². The Morgan fingerprint density at radius 1 is 1.47 bits per heavy atom. The molecule has 4 N–H and O–H groups in total. The van der Waals surface area contributed by atoms with Gasteiger partial charge in [-0.05, 0) is 19.3 Å². The highest BCUT2D eigenvalue weighted by molar-refractivity contribution is 5.75. The van der Waals surface area contributed by atoms with Crippen molar-refractivity contribution in [2.45, 2.75) is 50.9 Å². The molecule has 1 aliphatic carbocycles. The minimum Gasteiger partial charge on any atom is -0.346 e. The summed E-state index contributed by atoms with van der Waals surface area (Å²) in [6.45, 7) is 0. The van der Waals surface area contributed by atoms with Crippen LogP contribution in [0.1, 0.15) is 56.0 Å². The lowest BCUT2D eigenvalue weighted by Crippen LogP contribution is -2.30. The first kappa shape index (κ1) is 12.1. The number of aromatic amines is 1. The number of hydrogen-bond donors (Lipinski definition) is 3. The Morgan fingerprint density at radius 2 is 2.24 bits per heavy atom. The highest BCUT2D eigenvalue weighted by atomic mass is 16.2. The van der Waals surface area contributed by atoms with Crippen LogP contribution in [0.25, 0.3) is 0 Å². The Kier molecular flexibility index (Phi) is 4.14. The largest absolute Gasteiger partial charge is 0.346 e. The number of imidazole rings is 1. The fourth-order valence-corrected chi connectivity index (χ4v) is 2.41. The summed E-state index contributed by atoms with van der Waals surface area (Å²) >= 11 is 0. The summed E-state index contributed by atoms with van der Waals surface area (Å²) in [6.07, 6.45) is 9.33. The zero-order valence-electron chi connectivity index (χ0n) is 10.0. The summed E-state index contributed by atoms with van der Waals surface area (Å²) in [7, 11) is 0. The Bertz CT molecular complexity index is 368. The minimum absolute atomic E-state index is 0.140. The monoisotopic (exact) mass is 236 g/mol. The van der Waals surface area contributed by atoms with E-state index in [0.29, 0.717) is 18.8 Å². The minimum atomic E-state index is -0.140. The van der Waals surface area contributed by atoms with Gasteiger partial charge < -0.3 is 4.98 Å². The van der Waals surface area contributed by atoms with Gasteiger partial charge in [-0.3, -0.25) is 10.2 Å². The average molecular weight is 236 g/mol. The average Bonchev–Trinajstić information content (AvgIpc) is 2.86. The third-order valence-corrected chi connectivity index (χ3v) is 3.42. The number of nitrogens with two attached hydrogens (primary N) is 1. The van der Waals surface area contributed by atoms with Crippen molar-refractivity contribution in [2.75, 3.05) is 0 Å². The standard InChI is InChI=1S/C12H20N4O/c13-16-11(17)7-6-10-8-14-12(15-10)9-4-2-1-3-5-9/h8-9H,1-7,13H2,(H,14,15)(H,16,17). The molecular weight excluding hydrogens is 216 g/mol. The summed E-state index contributed by atoms with van der Waals surface area (Å²) in [5.41, 5.74) is 3.15. The van der Waals surface area contributed by atoms with Crippen molar-refractivity contribution in [1.29, 1.82) is 0 Å². The zero-order chi connectivity index (χ0) is 12.1. The van der Waals surface area contributed by atoms with Crippen LogP contribution in [0.5, 0.6) is 0 Å². The van der Waals surface area contributed by atoms with Crippen LogP contribution in [-0.4, -0.2) is 15.9 Å². The Balaban J connectivity index is 1.88. The summed E-state index contributed by atoms with van der Waals surface area (Å²) < 4.78 is 0. The summed E-state index contributed by atoms with van der Waals surface area (Å²) in [6, 6.07) is 0. The van der Waals surface area contributed by atoms with Gasteiger partial charge in [-0.15, -0.1) is 0 Å². The molecule has 94 valence electrons. The van der Waals surface area contributed by atoms with Gasteiger partial charge in [0.15, 0.2) is 0 Å². The van der Waals surface area contributed by atoms with Crippen LogP contribution in [-0.2, 0) is 11.2 Å². The molecule has 1 aromatic rings. The smallest absolute Gasteiger partial charge is 0.234 e. The van der Waals surface area contributed by atoms with Crippen LogP contribution < -0.4 is 11.3 Å². The van der Waals surface area contributed by atoms with E-state index in [-0.39, 0.29) is 5.91 Å². The lowest BCUT2D eigenvalue weighted by atomic mass is 9.89. The van der Waals surface area contributed by atoms with E-state index >= 15 is 0 Å². The van der Waals surface area contributed by atoms with Crippen LogP contribution in [0.2, 0.25) is 0 Å². The second-order valence-corrected chi connectivity index (χ2v) is 4.70. The molecule has 1 heterocycles. The van der Waals surface area contributed by atoms with Gasteiger partial charge in [0.25, 0.3) is 0 Å². The number of hydrazine groups is 1. The molecular formula is C12H20N4O. The Morgan fingerprint density at radius 3 is 2.94 bits per heavy atom. The summed E-state index contributed by atoms with van der Waals surface area (Å²) in [5.74, 6) is 6.57. The van der Waals surface area contributed by atoms with Gasteiger partial charge in [0.1, 0.15) is 5.82 Å². The van der Waals surface area contributed by atoms with Crippen LogP contribution in [0, 0.1) is 0 Å². The molecule has 0 atom stereocenters. The van der Waals surface area contributed by atoms with E-state index in [1.807, 2.05) is 6.20 Å². The van der Waals surface area contributed by atoms with Crippen molar-refractivity contribution in [1.82, 2.24) is 15.4 Å². The lowest BCUT2D eigenvalue weighted by molar-refractivity contribution is -0.121. The topological polar surface area (TPSA) is 83.8 Å². The fraction of sp³-hybridized carbons (Fsp3) is 0.667. The molecule has 1 fully saturated rings. The van der Waals surface area contributed by atoms with E-state index in [1.165, 1.54) is 32.1 Å². The number of amides is 1. The lowest BCUT2D eigenvalue weighted by Gasteiger charge is -2.19. The first-order valence-corrected chi connectivity index (χ1v) is 6.33. The maximum Gasteiger partial charge on any atom is 0.234 e. The van der Waals surface area contributed by atoms with Gasteiger partial charge in [-0.2, -0.15) is 0 Å². The molecule has 1 saturated carbocycles. The van der Waals surface area contributed by atoms with E-state index < -0.39 is 0 Å². The highest BCUT2D eigenvalue weighted by Crippen LogP contribution is 2.30. The molecule has 0 aromatic carbocycles. The van der Waals surface area contributed by atoms with Crippen molar-refractivity contribution >= 4 is 5.91 Å². The van der Waals surface area contributed by atoms with Crippen LogP contribution >= 0.6 is 0 Å². The molecule has 5 heteroatoms. The molecule has 0 saturated heterocycles. The number of aromatic nitrogens is 2. The molecule has 0 aliphatic heterocycles. The molecule has 17 heavy (non-hydrogen) atoms. The molecule has 1 amide bonds. The van der Waals surface area contributed by atoms with E-state index in [1.54, 1.807) is 0 Å². The molecule has 5 nitrogen and oxygen atoms in total. The number of rotatable bonds is 4. The number of H-pyrrole nitrogens is 1. The zero-order valence-corrected chi connectivity index (χ0v) is 10.0. The van der Waals surface area contributed by atoms with Crippen molar-refractivity contribution in [3.63, 3.8) is 0 Å². The number of carbonyl (C=O) groups excluding carboxylic acids is 1. The van der Waals surface area contributed by atoms with E-state index in [2.05, 4.69) is 15.4 Å². The molecule has 2 rings (SSSR count). The maximum absolute atomic E-state index is 11.0. The van der Waals surface area contributed by atoms with Crippen molar-refractivity contribution in [3.05, 3.63) is 17.7 Å². The molecule has 0 unspecified atom stereocenters. The molecule has 1 aromatic heterocycles. The number of hydrogen-bond acceptors (Lipinski definition) is 3. The second kappa shape index (κ2) is 5.82. The second-order valence-electron chi connectivity index (χ2n) is 4.70. The summed E-state index contributed by atoms with van der Waals surface area (Å²) in [5, 5.41) is 0. The Labute approximate surface area is 101 Å².